The molecule has 1 fully saturated rings. The van der Waals surface area contributed by atoms with Crippen LogP contribution in [0.2, 0.25) is 0 Å². The highest BCUT2D eigenvalue weighted by atomic mass is 16.5. The van der Waals surface area contributed by atoms with Gasteiger partial charge in [-0.2, -0.15) is 0 Å². The van der Waals surface area contributed by atoms with E-state index in [1.54, 1.807) is 0 Å². The second-order valence-electron chi connectivity index (χ2n) is 4.99. The molecule has 0 saturated carbocycles. The Morgan fingerprint density at radius 2 is 2.22 bits per heavy atom. The van der Waals surface area contributed by atoms with Gasteiger partial charge in [0.05, 0.1) is 6.10 Å². The molecule has 0 aliphatic carbocycles. The summed E-state index contributed by atoms with van der Waals surface area (Å²) in [6.45, 7) is 2.75. The molecule has 2 heterocycles. The number of fused-ring (bicyclic) bond motifs is 1. The average Bonchev–Trinajstić information content (AvgIpc) is 2.84. The summed E-state index contributed by atoms with van der Waals surface area (Å²) in [6.07, 6.45) is 2.32. The van der Waals surface area contributed by atoms with Crippen molar-refractivity contribution in [2.24, 2.45) is 0 Å². The Morgan fingerprint density at radius 1 is 1.33 bits per heavy atom. The minimum absolute atomic E-state index is 0.125. The molecular weight excluding hydrogens is 228 g/mol. The number of para-hydroxylation sites is 1. The van der Waals surface area contributed by atoms with E-state index >= 15 is 0 Å². The van der Waals surface area contributed by atoms with E-state index in [4.69, 9.17) is 9.15 Å². The van der Waals surface area contributed by atoms with Gasteiger partial charge in [-0.3, -0.25) is 0 Å². The van der Waals surface area contributed by atoms with Gasteiger partial charge < -0.3 is 14.3 Å². The summed E-state index contributed by atoms with van der Waals surface area (Å²) in [5, 5.41) is 11.4. The fourth-order valence-corrected chi connectivity index (χ4v) is 2.57. The van der Waals surface area contributed by atoms with E-state index < -0.39 is 6.10 Å². The molecule has 2 unspecified atom stereocenters. The molecule has 18 heavy (non-hydrogen) atoms. The second kappa shape index (κ2) is 4.75. The van der Waals surface area contributed by atoms with Gasteiger partial charge in [-0.15, -0.1) is 0 Å². The van der Waals surface area contributed by atoms with Gasteiger partial charge in [0.1, 0.15) is 17.4 Å². The van der Waals surface area contributed by atoms with Crippen LogP contribution in [0.3, 0.4) is 0 Å². The molecule has 3 heteroatoms. The Kier molecular flexibility index (Phi) is 3.10. The molecule has 0 amide bonds. The minimum atomic E-state index is -0.655. The number of aliphatic hydroxyl groups excluding tert-OH is 1. The maximum atomic E-state index is 10.3. The first-order chi connectivity index (χ1) is 8.75. The molecule has 3 nitrogen and oxygen atoms in total. The Morgan fingerprint density at radius 3 is 2.94 bits per heavy atom. The third-order valence-corrected chi connectivity index (χ3v) is 3.62. The quantitative estimate of drug-likeness (QED) is 0.883. The van der Waals surface area contributed by atoms with E-state index in [2.05, 4.69) is 0 Å². The molecule has 1 N–H and O–H groups in total. The van der Waals surface area contributed by atoms with Crippen molar-refractivity contribution in [3.8, 4) is 0 Å². The van der Waals surface area contributed by atoms with Gasteiger partial charge in [0.25, 0.3) is 0 Å². The van der Waals surface area contributed by atoms with E-state index in [1.165, 1.54) is 0 Å². The smallest absolute Gasteiger partial charge is 0.138 e. The number of furan rings is 1. The van der Waals surface area contributed by atoms with Crippen molar-refractivity contribution >= 4 is 11.0 Å². The zero-order valence-electron chi connectivity index (χ0n) is 10.6. The summed E-state index contributed by atoms with van der Waals surface area (Å²) < 4.78 is 11.4. The van der Waals surface area contributed by atoms with Gasteiger partial charge in [0, 0.05) is 12.0 Å². The first-order valence-corrected chi connectivity index (χ1v) is 6.54. The molecule has 0 radical (unpaired) electrons. The summed E-state index contributed by atoms with van der Waals surface area (Å²) in [6, 6.07) is 7.94. The van der Waals surface area contributed by atoms with E-state index in [0.717, 1.165) is 42.4 Å². The lowest BCUT2D eigenvalue weighted by Gasteiger charge is -2.25. The molecule has 96 valence electrons. The van der Waals surface area contributed by atoms with Crippen molar-refractivity contribution in [3.63, 3.8) is 0 Å². The predicted molar refractivity (Wildman–Crippen MR) is 69.5 cm³/mol. The van der Waals surface area contributed by atoms with Gasteiger partial charge >= 0.3 is 0 Å². The standard InChI is InChI=1S/C15H18O3/c1-10-5-4-6-11-9-13(18-15(10)11)14(16)12-7-2-3-8-17-12/h4-6,9,12,14,16H,2-3,7-8H2,1H3. The number of ether oxygens (including phenoxy) is 1. The molecular formula is C15H18O3. The van der Waals surface area contributed by atoms with E-state index in [0.29, 0.717) is 5.76 Å². The van der Waals surface area contributed by atoms with E-state index in [-0.39, 0.29) is 6.10 Å². The first kappa shape index (κ1) is 11.8. The number of aliphatic hydroxyl groups is 1. The highest BCUT2D eigenvalue weighted by Crippen LogP contribution is 2.31. The number of benzene rings is 1. The number of hydrogen-bond donors (Lipinski definition) is 1. The summed E-state index contributed by atoms with van der Waals surface area (Å²) in [7, 11) is 0. The Bertz CT molecular complexity index is 538. The van der Waals surface area contributed by atoms with Crippen LogP contribution >= 0.6 is 0 Å². The highest BCUT2D eigenvalue weighted by molar-refractivity contribution is 5.80. The lowest BCUT2D eigenvalue weighted by Crippen LogP contribution is -2.26. The number of hydrogen-bond acceptors (Lipinski definition) is 3. The zero-order valence-corrected chi connectivity index (χ0v) is 10.6. The maximum Gasteiger partial charge on any atom is 0.138 e. The summed E-state index contributed by atoms with van der Waals surface area (Å²) in [5.74, 6) is 0.617. The van der Waals surface area contributed by atoms with Crippen molar-refractivity contribution < 1.29 is 14.3 Å². The fraction of sp³-hybridized carbons (Fsp3) is 0.467. The SMILES string of the molecule is Cc1cccc2cc(C(O)C3CCCCO3)oc12. The highest BCUT2D eigenvalue weighted by Gasteiger charge is 2.26. The van der Waals surface area contributed by atoms with Crippen LogP contribution < -0.4 is 0 Å². The molecule has 0 spiro atoms. The molecule has 0 bridgehead atoms. The lowest BCUT2D eigenvalue weighted by atomic mass is 10.0. The molecule has 1 aromatic carbocycles. The minimum Gasteiger partial charge on any atom is -0.458 e. The van der Waals surface area contributed by atoms with Crippen molar-refractivity contribution in [2.75, 3.05) is 6.61 Å². The largest absolute Gasteiger partial charge is 0.458 e. The normalized spacial score (nSPS) is 22.2. The molecule has 2 atom stereocenters. The van der Waals surface area contributed by atoms with Crippen LogP contribution in [0.1, 0.15) is 36.7 Å². The van der Waals surface area contributed by atoms with Crippen LogP contribution in [0, 0.1) is 6.92 Å². The lowest BCUT2D eigenvalue weighted by molar-refractivity contribution is -0.0699. The van der Waals surface area contributed by atoms with Gasteiger partial charge in [-0.05, 0) is 37.8 Å². The van der Waals surface area contributed by atoms with Crippen LogP contribution in [0.15, 0.2) is 28.7 Å². The third-order valence-electron chi connectivity index (χ3n) is 3.62. The van der Waals surface area contributed by atoms with Gasteiger partial charge in [0.2, 0.25) is 0 Å². The Labute approximate surface area is 106 Å². The van der Waals surface area contributed by atoms with E-state index in [9.17, 15) is 5.11 Å². The van der Waals surface area contributed by atoms with Crippen LogP contribution in [0.4, 0.5) is 0 Å². The van der Waals surface area contributed by atoms with Gasteiger partial charge in [-0.1, -0.05) is 18.2 Å². The summed E-state index contributed by atoms with van der Waals surface area (Å²) in [4.78, 5) is 0. The zero-order chi connectivity index (χ0) is 12.5. The van der Waals surface area contributed by atoms with Crippen molar-refractivity contribution in [2.45, 2.75) is 38.4 Å². The van der Waals surface area contributed by atoms with Crippen molar-refractivity contribution in [3.05, 3.63) is 35.6 Å². The summed E-state index contributed by atoms with van der Waals surface area (Å²) >= 11 is 0. The number of aryl methyl sites for hydroxylation is 1. The molecule has 1 aliphatic rings. The van der Waals surface area contributed by atoms with Crippen molar-refractivity contribution in [1.82, 2.24) is 0 Å². The fourth-order valence-electron chi connectivity index (χ4n) is 2.57. The van der Waals surface area contributed by atoms with E-state index in [1.807, 2.05) is 31.2 Å². The molecule has 1 aromatic heterocycles. The third kappa shape index (κ3) is 2.04. The van der Waals surface area contributed by atoms with Crippen molar-refractivity contribution in [1.29, 1.82) is 0 Å². The molecule has 2 aromatic rings. The van der Waals surface area contributed by atoms with Crippen LogP contribution in [-0.2, 0) is 4.74 Å². The first-order valence-electron chi connectivity index (χ1n) is 6.54. The van der Waals surface area contributed by atoms with Crippen LogP contribution in [0.5, 0.6) is 0 Å². The predicted octanol–water partition coefficient (Wildman–Crippen LogP) is 3.34. The molecule has 1 saturated heterocycles. The molecule has 1 aliphatic heterocycles. The Hall–Kier alpha value is -1.32. The monoisotopic (exact) mass is 246 g/mol. The topological polar surface area (TPSA) is 42.6 Å². The molecule has 3 rings (SSSR count). The number of rotatable bonds is 2. The second-order valence-corrected chi connectivity index (χ2v) is 4.99. The van der Waals surface area contributed by atoms with Crippen LogP contribution in [0.25, 0.3) is 11.0 Å². The van der Waals surface area contributed by atoms with Gasteiger partial charge in [-0.25, -0.2) is 0 Å². The summed E-state index contributed by atoms with van der Waals surface area (Å²) in [5.41, 5.74) is 1.96. The average molecular weight is 246 g/mol. The maximum absolute atomic E-state index is 10.3. The van der Waals surface area contributed by atoms with Crippen LogP contribution in [-0.4, -0.2) is 17.8 Å². The van der Waals surface area contributed by atoms with Gasteiger partial charge in [0.15, 0.2) is 0 Å². The Balaban J connectivity index is 1.91.